The second-order valence-electron chi connectivity index (χ2n) is 5.19. The summed E-state index contributed by atoms with van der Waals surface area (Å²) in [4.78, 5) is 24.3. The summed E-state index contributed by atoms with van der Waals surface area (Å²) < 4.78 is 0.980. The highest BCUT2D eigenvalue weighted by Crippen LogP contribution is 2.18. The maximum atomic E-state index is 12.5. The van der Waals surface area contributed by atoms with Crippen LogP contribution in [0.25, 0.3) is 10.8 Å². The SMILES string of the molecule is CC(NC(=O)c1n[nH]c(=O)c2ccccc12)c1ccc(Br)cc1. The van der Waals surface area contributed by atoms with E-state index < -0.39 is 0 Å². The Balaban J connectivity index is 1.91. The smallest absolute Gasteiger partial charge is 0.272 e. The van der Waals surface area contributed by atoms with Gasteiger partial charge in [0.1, 0.15) is 0 Å². The van der Waals surface area contributed by atoms with Crippen LogP contribution < -0.4 is 10.9 Å². The Bertz CT molecular complexity index is 919. The third-order valence-corrected chi connectivity index (χ3v) is 4.16. The van der Waals surface area contributed by atoms with Gasteiger partial charge in [-0.1, -0.05) is 46.3 Å². The normalized spacial score (nSPS) is 12.1. The van der Waals surface area contributed by atoms with Crippen molar-refractivity contribution in [3.05, 3.63) is 74.6 Å². The molecule has 3 rings (SSSR count). The summed E-state index contributed by atoms with van der Waals surface area (Å²) in [6.45, 7) is 1.90. The summed E-state index contributed by atoms with van der Waals surface area (Å²) in [6.07, 6.45) is 0. The molecule has 23 heavy (non-hydrogen) atoms. The monoisotopic (exact) mass is 371 g/mol. The predicted molar refractivity (Wildman–Crippen MR) is 92.4 cm³/mol. The number of rotatable bonds is 3. The minimum atomic E-state index is -0.326. The molecular formula is C17H14BrN3O2. The van der Waals surface area contributed by atoms with Crippen molar-refractivity contribution >= 4 is 32.6 Å². The summed E-state index contributed by atoms with van der Waals surface area (Å²) in [5.41, 5.74) is 0.887. The molecule has 0 fully saturated rings. The average molecular weight is 372 g/mol. The van der Waals surface area contributed by atoms with Crippen LogP contribution in [0.3, 0.4) is 0 Å². The molecule has 0 aliphatic rings. The molecule has 2 N–H and O–H groups in total. The average Bonchev–Trinajstić information content (AvgIpc) is 2.56. The van der Waals surface area contributed by atoms with E-state index in [1.807, 2.05) is 31.2 Å². The molecule has 116 valence electrons. The number of benzene rings is 2. The maximum absolute atomic E-state index is 12.5. The van der Waals surface area contributed by atoms with Crippen LogP contribution in [0.2, 0.25) is 0 Å². The zero-order valence-corrected chi connectivity index (χ0v) is 13.9. The number of nitrogens with one attached hydrogen (secondary N) is 2. The molecule has 0 aliphatic carbocycles. The lowest BCUT2D eigenvalue weighted by molar-refractivity contribution is 0.0935. The molecule has 0 saturated carbocycles. The van der Waals surface area contributed by atoms with Crippen LogP contribution >= 0.6 is 15.9 Å². The van der Waals surface area contributed by atoms with Crippen molar-refractivity contribution < 1.29 is 4.79 Å². The summed E-state index contributed by atoms with van der Waals surface area (Å²) >= 11 is 3.38. The van der Waals surface area contributed by atoms with Crippen molar-refractivity contribution in [1.29, 1.82) is 0 Å². The minimum Gasteiger partial charge on any atom is -0.344 e. The largest absolute Gasteiger partial charge is 0.344 e. The van der Waals surface area contributed by atoms with E-state index in [2.05, 4.69) is 31.4 Å². The fourth-order valence-electron chi connectivity index (χ4n) is 2.39. The minimum absolute atomic E-state index is 0.178. The molecule has 2 aromatic carbocycles. The number of carbonyl (C=O) groups excluding carboxylic acids is 1. The van der Waals surface area contributed by atoms with Gasteiger partial charge in [0.05, 0.1) is 11.4 Å². The summed E-state index contributed by atoms with van der Waals surface area (Å²) in [5, 5.41) is 10.2. The predicted octanol–water partition coefficient (Wildman–Crippen LogP) is 3.18. The van der Waals surface area contributed by atoms with E-state index in [0.29, 0.717) is 10.8 Å². The van der Waals surface area contributed by atoms with Crippen molar-refractivity contribution in [3.63, 3.8) is 0 Å². The quantitative estimate of drug-likeness (QED) is 0.742. The van der Waals surface area contributed by atoms with E-state index in [-0.39, 0.29) is 23.2 Å². The van der Waals surface area contributed by atoms with Crippen molar-refractivity contribution in [3.8, 4) is 0 Å². The van der Waals surface area contributed by atoms with Crippen molar-refractivity contribution in [2.75, 3.05) is 0 Å². The number of halogens is 1. The lowest BCUT2D eigenvalue weighted by atomic mass is 10.1. The number of H-pyrrole nitrogens is 1. The second-order valence-corrected chi connectivity index (χ2v) is 6.11. The standard InChI is InChI=1S/C17H14BrN3O2/c1-10(11-6-8-12(18)9-7-11)19-17(23)15-13-4-2-3-5-14(13)16(22)21-20-15/h2-10H,1H3,(H,19,23)(H,21,22). The number of hydrogen-bond acceptors (Lipinski definition) is 3. The lowest BCUT2D eigenvalue weighted by Gasteiger charge is -2.14. The Hall–Kier alpha value is -2.47. The van der Waals surface area contributed by atoms with Gasteiger partial charge in [-0.25, -0.2) is 5.10 Å². The fourth-order valence-corrected chi connectivity index (χ4v) is 2.65. The molecule has 0 bridgehead atoms. The first-order valence-electron chi connectivity index (χ1n) is 7.10. The van der Waals surface area contributed by atoms with E-state index in [1.54, 1.807) is 24.3 Å². The zero-order chi connectivity index (χ0) is 16.4. The topological polar surface area (TPSA) is 74.8 Å². The highest BCUT2D eigenvalue weighted by atomic mass is 79.9. The number of nitrogens with zero attached hydrogens (tertiary/aromatic N) is 1. The van der Waals surface area contributed by atoms with Gasteiger partial charge < -0.3 is 5.32 Å². The molecule has 0 saturated heterocycles. The molecule has 1 unspecified atom stereocenters. The van der Waals surface area contributed by atoms with E-state index in [0.717, 1.165) is 10.0 Å². The molecular weight excluding hydrogens is 358 g/mol. The summed E-state index contributed by atoms with van der Waals surface area (Å²) in [5.74, 6) is -0.326. The maximum Gasteiger partial charge on any atom is 0.272 e. The highest BCUT2D eigenvalue weighted by Gasteiger charge is 2.16. The summed E-state index contributed by atoms with van der Waals surface area (Å²) in [7, 11) is 0. The Morgan fingerprint density at radius 1 is 1.13 bits per heavy atom. The van der Waals surface area contributed by atoms with Gasteiger partial charge >= 0.3 is 0 Å². The number of aromatic nitrogens is 2. The van der Waals surface area contributed by atoms with Crippen LogP contribution in [0.4, 0.5) is 0 Å². The molecule has 1 amide bonds. The van der Waals surface area contributed by atoms with Crippen molar-refractivity contribution in [2.45, 2.75) is 13.0 Å². The molecule has 3 aromatic rings. The van der Waals surface area contributed by atoms with Gasteiger partial charge in [-0.05, 0) is 30.7 Å². The molecule has 1 atom stereocenters. The first kappa shape index (κ1) is 15.4. The third-order valence-electron chi connectivity index (χ3n) is 3.63. The van der Waals surface area contributed by atoms with Gasteiger partial charge in [-0.15, -0.1) is 0 Å². The second kappa shape index (κ2) is 6.34. The van der Waals surface area contributed by atoms with Crippen LogP contribution in [0.1, 0.15) is 29.0 Å². The van der Waals surface area contributed by atoms with E-state index >= 15 is 0 Å². The Morgan fingerprint density at radius 2 is 1.78 bits per heavy atom. The first-order chi connectivity index (χ1) is 11.1. The van der Waals surface area contributed by atoms with Crippen LogP contribution in [-0.2, 0) is 0 Å². The zero-order valence-electron chi connectivity index (χ0n) is 12.3. The number of fused-ring (bicyclic) bond motifs is 1. The molecule has 0 spiro atoms. The Morgan fingerprint density at radius 3 is 2.48 bits per heavy atom. The summed E-state index contributed by atoms with van der Waals surface area (Å²) in [6, 6.07) is 14.5. The van der Waals surface area contributed by atoms with Gasteiger partial charge in [0.25, 0.3) is 11.5 Å². The molecule has 5 nitrogen and oxygen atoms in total. The lowest BCUT2D eigenvalue weighted by Crippen LogP contribution is -2.29. The van der Waals surface area contributed by atoms with Crippen molar-refractivity contribution in [2.24, 2.45) is 0 Å². The number of carbonyl (C=O) groups is 1. The van der Waals surface area contributed by atoms with Gasteiger partial charge in [-0.2, -0.15) is 5.10 Å². The molecule has 1 aromatic heterocycles. The highest BCUT2D eigenvalue weighted by molar-refractivity contribution is 9.10. The Kier molecular flexibility index (Phi) is 4.25. The van der Waals surface area contributed by atoms with E-state index in [4.69, 9.17) is 0 Å². The van der Waals surface area contributed by atoms with Gasteiger partial charge in [0, 0.05) is 9.86 Å². The van der Waals surface area contributed by atoms with Gasteiger partial charge in [0.15, 0.2) is 5.69 Å². The Labute approximate surface area is 140 Å². The van der Waals surface area contributed by atoms with Gasteiger partial charge in [-0.3, -0.25) is 9.59 Å². The first-order valence-corrected chi connectivity index (χ1v) is 7.89. The third kappa shape index (κ3) is 3.17. The number of amides is 1. The fraction of sp³-hybridized carbons (Fsp3) is 0.118. The van der Waals surface area contributed by atoms with Crippen LogP contribution in [0.5, 0.6) is 0 Å². The molecule has 0 radical (unpaired) electrons. The number of hydrogen-bond donors (Lipinski definition) is 2. The van der Waals surface area contributed by atoms with E-state index in [1.165, 1.54) is 0 Å². The van der Waals surface area contributed by atoms with E-state index in [9.17, 15) is 9.59 Å². The number of aromatic amines is 1. The van der Waals surface area contributed by atoms with Crippen molar-refractivity contribution in [1.82, 2.24) is 15.5 Å². The van der Waals surface area contributed by atoms with Crippen LogP contribution in [0, 0.1) is 0 Å². The van der Waals surface area contributed by atoms with Crippen LogP contribution in [-0.4, -0.2) is 16.1 Å². The molecule has 6 heteroatoms. The van der Waals surface area contributed by atoms with Crippen LogP contribution in [0.15, 0.2) is 57.8 Å². The molecule has 0 aliphatic heterocycles. The van der Waals surface area contributed by atoms with Gasteiger partial charge in [0.2, 0.25) is 0 Å². The molecule has 1 heterocycles.